The van der Waals surface area contributed by atoms with Crippen LogP contribution in [0.2, 0.25) is 0 Å². The fourth-order valence-electron chi connectivity index (χ4n) is 2.86. The van der Waals surface area contributed by atoms with E-state index >= 15 is 0 Å². The molecule has 2 fully saturated rings. The van der Waals surface area contributed by atoms with Crippen LogP contribution in [0, 0.1) is 11.8 Å². The number of hydrogen-bond acceptors (Lipinski definition) is 5. The highest BCUT2D eigenvalue weighted by Crippen LogP contribution is 2.38. The van der Waals surface area contributed by atoms with Crippen molar-refractivity contribution in [2.75, 3.05) is 18.8 Å². The maximum absolute atomic E-state index is 12.1. The Labute approximate surface area is 97.6 Å². The van der Waals surface area contributed by atoms with Gasteiger partial charge in [0.15, 0.2) is 0 Å². The lowest BCUT2D eigenvalue weighted by molar-refractivity contribution is 0.0779. The van der Waals surface area contributed by atoms with Crippen molar-refractivity contribution < 1.29 is 4.79 Å². The van der Waals surface area contributed by atoms with Crippen LogP contribution in [-0.2, 0) is 0 Å². The molecule has 1 aliphatic carbocycles. The van der Waals surface area contributed by atoms with Crippen LogP contribution in [0.1, 0.15) is 29.1 Å². The zero-order chi connectivity index (χ0) is 11.1. The fraction of sp³-hybridized carbons (Fsp3) is 0.700. The number of hydrogen-bond donors (Lipinski definition) is 1. The molecule has 1 saturated heterocycles. The lowest BCUT2D eigenvalue weighted by Crippen LogP contribution is -2.29. The first-order valence-electron chi connectivity index (χ1n) is 5.62. The molecule has 1 aromatic rings. The average molecular weight is 238 g/mol. The fourth-order valence-corrected chi connectivity index (χ4v) is 3.43. The van der Waals surface area contributed by atoms with Crippen LogP contribution in [0.25, 0.3) is 0 Å². The normalized spacial score (nSPS) is 28.4. The maximum Gasteiger partial charge on any atom is 0.284 e. The van der Waals surface area contributed by atoms with Crippen molar-refractivity contribution in [1.29, 1.82) is 0 Å². The number of likely N-dealkylation sites (tertiary alicyclic amines) is 1. The van der Waals surface area contributed by atoms with Gasteiger partial charge in [0.05, 0.1) is 0 Å². The average Bonchev–Trinajstić information content (AvgIpc) is 2.89. The number of carbonyl (C=O) groups is 1. The predicted molar refractivity (Wildman–Crippen MR) is 61.1 cm³/mol. The lowest BCUT2D eigenvalue weighted by atomic mass is 10.0. The van der Waals surface area contributed by atoms with E-state index in [1.807, 2.05) is 4.90 Å². The summed E-state index contributed by atoms with van der Waals surface area (Å²) in [5.74, 6) is 1.44. The van der Waals surface area contributed by atoms with E-state index in [0.717, 1.165) is 13.1 Å². The van der Waals surface area contributed by atoms with Gasteiger partial charge in [-0.05, 0) is 24.7 Å². The molecule has 2 atom stereocenters. The second-order valence-electron chi connectivity index (χ2n) is 4.61. The molecule has 16 heavy (non-hydrogen) atoms. The van der Waals surface area contributed by atoms with Gasteiger partial charge < -0.3 is 10.6 Å². The molecule has 0 radical (unpaired) electrons. The third-order valence-corrected chi connectivity index (χ3v) is 4.38. The number of carbonyl (C=O) groups excluding carboxylic acids is 1. The summed E-state index contributed by atoms with van der Waals surface area (Å²) in [7, 11) is 0. The molecule has 0 bridgehead atoms. The van der Waals surface area contributed by atoms with Gasteiger partial charge in [0.25, 0.3) is 5.91 Å². The van der Waals surface area contributed by atoms with Gasteiger partial charge in [-0.3, -0.25) is 4.79 Å². The lowest BCUT2D eigenvalue weighted by Gasteiger charge is -2.14. The number of nitrogen functional groups attached to an aromatic ring is 1. The predicted octanol–water partition coefficient (Wildman–Crippen LogP) is 0.992. The highest BCUT2D eigenvalue weighted by atomic mass is 32.1. The highest BCUT2D eigenvalue weighted by Gasteiger charge is 2.38. The summed E-state index contributed by atoms with van der Waals surface area (Å²) >= 11 is 1.18. The molecule has 1 saturated carbocycles. The van der Waals surface area contributed by atoms with Gasteiger partial charge in [-0.1, -0.05) is 17.8 Å². The Morgan fingerprint density at radius 1 is 1.31 bits per heavy atom. The van der Waals surface area contributed by atoms with Gasteiger partial charge >= 0.3 is 0 Å². The van der Waals surface area contributed by atoms with E-state index in [2.05, 4.69) is 10.2 Å². The molecule has 0 spiro atoms. The molecule has 3 rings (SSSR count). The second-order valence-corrected chi connectivity index (χ2v) is 5.62. The van der Waals surface area contributed by atoms with E-state index in [1.54, 1.807) is 0 Å². The Morgan fingerprint density at radius 3 is 2.56 bits per heavy atom. The van der Waals surface area contributed by atoms with Gasteiger partial charge in [-0.25, -0.2) is 0 Å². The van der Waals surface area contributed by atoms with Crippen molar-refractivity contribution in [2.24, 2.45) is 11.8 Å². The van der Waals surface area contributed by atoms with E-state index in [-0.39, 0.29) is 5.91 Å². The van der Waals surface area contributed by atoms with Gasteiger partial charge in [-0.15, -0.1) is 10.2 Å². The Balaban J connectivity index is 1.73. The summed E-state index contributed by atoms with van der Waals surface area (Å²) in [5.41, 5.74) is 5.48. The van der Waals surface area contributed by atoms with E-state index < -0.39 is 0 Å². The standard InChI is InChI=1S/C10H14N4OS/c11-10-13-12-8(16-10)9(15)14-4-6-2-1-3-7(6)5-14/h6-7H,1-5H2,(H2,11,13). The van der Waals surface area contributed by atoms with Gasteiger partial charge in [0.2, 0.25) is 10.1 Å². The monoisotopic (exact) mass is 238 g/mol. The number of nitrogens with zero attached hydrogens (tertiary/aromatic N) is 3. The minimum absolute atomic E-state index is 0.00333. The van der Waals surface area contributed by atoms with Crippen molar-refractivity contribution >= 4 is 22.4 Å². The third kappa shape index (κ3) is 1.57. The summed E-state index contributed by atoms with van der Waals surface area (Å²) in [6.07, 6.45) is 3.86. The maximum atomic E-state index is 12.1. The van der Waals surface area contributed by atoms with Gasteiger partial charge in [0, 0.05) is 13.1 Å². The van der Waals surface area contributed by atoms with Crippen LogP contribution in [0.4, 0.5) is 5.13 Å². The molecule has 5 nitrogen and oxygen atoms in total. The van der Waals surface area contributed by atoms with Crippen molar-refractivity contribution in [2.45, 2.75) is 19.3 Å². The quantitative estimate of drug-likeness (QED) is 0.792. The van der Waals surface area contributed by atoms with E-state index in [0.29, 0.717) is 22.0 Å². The van der Waals surface area contributed by atoms with Crippen LogP contribution in [-0.4, -0.2) is 34.1 Å². The minimum Gasteiger partial charge on any atom is -0.374 e. The summed E-state index contributed by atoms with van der Waals surface area (Å²) < 4.78 is 0. The van der Waals surface area contributed by atoms with Crippen molar-refractivity contribution in [1.82, 2.24) is 15.1 Å². The topological polar surface area (TPSA) is 72.1 Å². The van der Waals surface area contributed by atoms with Gasteiger partial charge in [0.1, 0.15) is 0 Å². The van der Waals surface area contributed by atoms with Crippen LogP contribution in [0.15, 0.2) is 0 Å². The van der Waals surface area contributed by atoms with Crippen molar-refractivity contribution in [3.63, 3.8) is 0 Å². The molecule has 1 amide bonds. The smallest absolute Gasteiger partial charge is 0.284 e. The first kappa shape index (κ1) is 10.0. The molecule has 2 heterocycles. The number of anilines is 1. The largest absolute Gasteiger partial charge is 0.374 e. The molecule has 1 aliphatic heterocycles. The van der Waals surface area contributed by atoms with Crippen molar-refractivity contribution in [3.8, 4) is 0 Å². The van der Waals surface area contributed by atoms with Crippen LogP contribution in [0.5, 0.6) is 0 Å². The van der Waals surface area contributed by atoms with E-state index in [4.69, 9.17) is 5.73 Å². The zero-order valence-corrected chi connectivity index (χ0v) is 9.74. The highest BCUT2D eigenvalue weighted by molar-refractivity contribution is 7.16. The van der Waals surface area contributed by atoms with Gasteiger partial charge in [-0.2, -0.15) is 0 Å². The van der Waals surface area contributed by atoms with Crippen LogP contribution >= 0.6 is 11.3 Å². The third-order valence-electron chi connectivity index (χ3n) is 3.64. The Hall–Kier alpha value is -1.17. The molecule has 2 aliphatic rings. The minimum atomic E-state index is 0.00333. The molecule has 86 valence electrons. The summed E-state index contributed by atoms with van der Waals surface area (Å²) in [6.45, 7) is 1.78. The molecule has 1 aromatic heterocycles. The molecular weight excluding hydrogens is 224 g/mol. The van der Waals surface area contributed by atoms with E-state index in [1.165, 1.54) is 30.6 Å². The Morgan fingerprint density at radius 2 is 2.00 bits per heavy atom. The summed E-state index contributed by atoms with van der Waals surface area (Å²) in [4.78, 5) is 14.0. The number of aromatic nitrogens is 2. The Kier molecular flexibility index (Phi) is 2.31. The number of fused-ring (bicyclic) bond motifs is 1. The number of amides is 1. The molecular formula is C10H14N4OS. The molecule has 2 unspecified atom stereocenters. The molecule has 6 heteroatoms. The van der Waals surface area contributed by atoms with E-state index in [9.17, 15) is 4.79 Å². The SMILES string of the molecule is Nc1nnc(C(=O)N2CC3CCCC3C2)s1. The second kappa shape index (κ2) is 3.69. The molecule has 0 aromatic carbocycles. The first-order valence-corrected chi connectivity index (χ1v) is 6.44. The number of rotatable bonds is 1. The van der Waals surface area contributed by atoms with Crippen LogP contribution in [0.3, 0.4) is 0 Å². The number of nitrogens with two attached hydrogens (primary N) is 1. The zero-order valence-electron chi connectivity index (χ0n) is 8.93. The van der Waals surface area contributed by atoms with Crippen LogP contribution < -0.4 is 5.73 Å². The Bertz CT molecular complexity index is 407. The summed E-state index contributed by atoms with van der Waals surface area (Å²) in [6, 6.07) is 0. The first-order chi connectivity index (χ1) is 7.74. The summed E-state index contributed by atoms with van der Waals surface area (Å²) in [5, 5.41) is 8.28. The molecule has 2 N–H and O–H groups in total. The van der Waals surface area contributed by atoms with Crippen molar-refractivity contribution in [3.05, 3.63) is 5.01 Å².